The molecule has 1 saturated heterocycles. The Morgan fingerprint density at radius 1 is 1.17 bits per heavy atom. The Hall–Kier alpha value is -2.28. The van der Waals surface area contributed by atoms with Crippen LogP contribution in [-0.4, -0.2) is 61.0 Å². The SMILES string of the molecule is CC(=O)N1CCN(Cc2ccc3c(c2)OCCO3)C[C@H](C(N)=O)C1. The lowest BCUT2D eigenvalue weighted by Crippen LogP contribution is -2.39. The number of carbonyl (C=O) groups is 2. The van der Waals surface area contributed by atoms with Gasteiger partial charge in [-0.15, -0.1) is 0 Å². The van der Waals surface area contributed by atoms with E-state index in [9.17, 15) is 9.59 Å². The second kappa shape index (κ2) is 7.09. The number of hydrogen-bond acceptors (Lipinski definition) is 5. The quantitative estimate of drug-likeness (QED) is 0.855. The van der Waals surface area contributed by atoms with Gasteiger partial charge >= 0.3 is 0 Å². The molecule has 1 aromatic rings. The molecule has 0 spiro atoms. The standard InChI is InChI=1S/C17H23N3O4/c1-12(21)20-5-4-19(10-14(11-20)17(18)22)9-13-2-3-15-16(8-13)24-7-6-23-15/h2-3,8,14H,4-7,9-11H2,1H3,(H2,18,22)/t14-/m0/s1. The Kier molecular flexibility index (Phi) is 4.89. The van der Waals surface area contributed by atoms with E-state index in [-0.39, 0.29) is 17.7 Å². The highest BCUT2D eigenvalue weighted by Crippen LogP contribution is 2.31. The summed E-state index contributed by atoms with van der Waals surface area (Å²) in [5.74, 6) is 0.774. The van der Waals surface area contributed by atoms with Crippen molar-refractivity contribution < 1.29 is 19.1 Å². The Morgan fingerprint density at radius 2 is 1.92 bits per heavy atom. The lowest BCUT2D eigenvalue weighted by atomic mass is 10.1. The van der Waals surface area contributed by atoms with E-state index >= 15 is 0 Å². The lowest BCUT2D eigenvalue weighted by Gasteiger charge is -2.23. The molecule has 1 aromatic carbocycles. The van der Waals surface area contributed by atoms with E-state index in [1.807, 2.05) is 18.2 Å². The molecule has 2 aliphatic heterocycles. The first-order chi connectivity index (χ1) is 11.5. The van der Waals surface area contributed by atoms with Gasteiger partial charge in [0, 0.05) is 39.6 Å². The topological polar surface area (TPSA) is 85.1 Å². The number of carbonyl (C=O) groups excluding carboxylic acids is 2. The number of ether oxygens (including phenoxy) is 2. The fraction of sp³-hybridized carbons (Fsp3) is 0.529. The molecule has 2 aliphatic rings. The Labute approximate surface area is 141 Å². The predicted octanol–water partition coefficient (Wildman–Crippen LogP) is 0.223. The molecule has 7 nitrogen and oxygen atoms in total. The number of primary amides is 1. The van der Waals surface area contributed by atoms with Crippen molar-refractivity contribution in [3.8, 4) is 11.5 Å². The van der Waals surface area contributed by atoms with Crippen molar-refractivity contribution in [2.24, 2.45) is 11.7 Å². The molecular formula is C17H23N3O4. The second-order valence-corrected chi connectivity index (χ2v) is 6.28. The highest BCUT2D eigenvalue weighted by molar-refractivity contribution is 5.79. The van der Waals surface area contributed by atoms with Gasteiger partial charge in [-0.25, -0.2) is 0 Å². The molecule has 0 aliphatic carbocycles. The number of nitrogens with two attached hydrogens (primary N) is 1. The summed E-state index contributed by atoms with van der Waals surface area (Å²) in [6.45, 7) is 5.56. The highest BCUT2D eigenvalue weighted by atomic mass is 16.6. The van der Waals surface area contributed by atoms with Crippen LogP contribution in [0.1, 0.15) is 12.5 Å². The molecule has 0 saturated carbocycles. The van der Waals surface area contributed by atoms with Crippen molar-refractivity contribution in [3.63, 3.8) is 0 Å². The van der Waals surface area contributed by atoms with Gasteiger partial charge in [-0.2, -0.15) is 0 Å². The van der Waals surface area contributed by atoms with Crippen LogP contribution in [0.3, 0.4) is 0 Å². The van der Waals surface area contributed by atoms with Gasteiger partial charge < -0.3 is 20.1 Å². The van der Waals surface area contributed by atoms with Gasteiger partial charge in [0.2, 0.25) is 11.8 Å². The summed E-state index contributed by atoms with van der Waals surface area (Å²) in [7, 11) is 0. The van der Waals surface area contributed by atoms with E-state index in [4.69, 9.17) is 15.2 Å². The van der Waals surface area contributed by atoms with Crippen molar-refractivity contribution >= 4 is 11.8 Å². The van der Waals surface area contributed by atoms with E-state index < -0.39 is 0 Å². The number of rotatable bonds is 3. The third-order valence-corrected chi connectivity index (χ3v) is 4.47. The maximum Gasteiger partial charge on any atom is 0.223 e. The minimum atomic E-state index is -0.365. The van der Waals surface area contributed by atoms with Crippen LogP contribution in [0.2, 0.25) is 0 Å². The normalized spacial score (nSPS) is 21.2. The van der Waals surface area contributed by atoms with Crippen LogP contribution in [0.4, 0.5) is 0 Å². The molecule has 0 bridgehead atoms. The van der Waals surface area contributed by atoms with Crippen molar-refractivity contribution in [1.82, 2.24) is 9.80 Å². The lowest BCUT2D eigenvalue weighted by molar-refractivity contribution is -0.130. The fourth-order valence-electron chi connectivity index (χ4n) is 3.13. The Balaban J connectivity index is 1.71. The molecule has 2 amide bonds. The van der Waals surface area contributed by atoms with Gasteiger partial charge in [-0.3, -0.25) is 14.5 Å². The Bertz CT molecular complexity index is 634. The third-order valence-electron chi connectivity index (χ3n) is 4.47. The molecule has 2 N–H and O–H groups in total. The third kappa shape index (κ3) is 3.79. The molecule has 0 aromatic heterocycles. The summed E-state index contributed by atoms with van der Waals surface area (Å²) < 4.78 is 11.1. The molecule has 24 heavy (non-hydrogen) atoms. The van der Waals surface area contributed by atoms with Crippen molar-refractivity contribution in [2.75, 3.05) is 39.4 Å². The van der Waals surface area contributed by atoms with Crippen molar-refractivity contribution in [3.05, 3.63) is 23.8 Å². The predicted molar refractivity (Wildman–Crippen MR) is 87.6 cm³/mol. The average molecular weight is 333 g/mol. The van der Waals surface area contributed by atoms with Gasteiger partial charge in [0.15, 0.2) is 11.5 Å². The van der Waals surface area contributed by atoms with Crippen molar-refractivity contribution in [2.45, 2.75) is 13.5 Å². The average Bonchev–Trinajstić information content (AvgIpc) is 2.78. The van der Waals surface area contributed by atoms with E-state index in [0.29, 0.717) is 45.9 Å². The zero-order valence-electron chi connectivity index (χ0n) is 13.9. The minimum Gasteiger partial charge on any atom is -0.486 e. The summed E-state index contributed by atoms with van der Waals surface area (Å²) in [5, 5.41) is 0. The summed E-state index contributed by atoms with van der Waals surface area (Å²) in [6.07, 6.45) is 0. The van der Waals surface area contributed by atoms with Crippen LogP contribution in [0.25, 0.3) is 0 Å². The van der Waals surface area contributed by atoms with Gasteiger partial charge in [-0.05, 0) is 17.7 Å². The maximum absolute atomic E-state index is 11.7. The smallest absolute Gasteiger partial charge is 0.223 e. The number of amides is 2. The first kappa shape index (κ1) is 16.6. The van der Waals surface area contributed by atoms with Crippen LogP contribution >= 0.6 is 0 Å². The zero-order chi connectivity index (χ0) is 17.1. The van der Waals surface area contributed by atoms with Crippen LogP contribution in [0.5, 0.6) is 11.5 Å². The summed E-state index contributed by atoms with van der Waals surface area (Å²) in [5.41, 5.74) is 6.59. The number of hydrogen-bond donors (Lipinski definition) is 1. The minimum absolute atomic E-state index is 0.0255. The van der Waals surface area contributed by atoms with Crippen LogP contribution in [0, 0.1) is 5.92 Å². The Morgan fingerprint density at radius 3 is 2.62 bits per heavy atom. The fourth-order valence-corrected chi connectivity index (χ4v) is 3.13. The molecule has 1 fully saturated rings. The molecule has 1 atom stereocenters. The van der Waals surface area contributed by atoms with Gasteiger partial charge in [0.05, 0.1) is 5.92 Å². The zero-order valence-corrected chi connectivity index (χ0v) is 13.9. The van der Waals surface area contributed by atoms with E-state index in [1.165, 1.54) is 6.92 Å². The van der Waals surface area contributed by atoms with Crippen LogP contribution < -0.4 is 15.2 Å². The van der Waals surface area contributed by atoms with Crippen LogP contribution in [0.15, 0.2) is 18.2 Å². The van der Waals surface area contributed by atoms with Gasteiger partial charge in [-0.1, -0.05) is 6.07 Å². The molecule has 0 radical (unpaired) electrons. The molecule has 0 unspecified atom stereocenters. The van der Waals surface area contributed by atoms with E-state index in [1.54, 1.807) is 4.90 Å². The van der Waals surface area contributed by atoms with Gasteiger partial charge in [0.1, 0.15) is 13.2 Å². The summed E-state index contributed by atoms with van der Waals surface area (Å²) >= 11 is 0. The van der Waals surface area contributed by atoms with E-state index in [2.05, 4.69) is 4.90 Å². The molecule has 7 heteroatoms. The number of fused-ring (bicyclic) bond motifs is 1. The monoisotopic (exact) mass is 333 g/mol. The first-order valence-electron chi connectivity index (χ1n) is 8.18. The number of nitrogens with zero attached hydrogens (tertiary/aromatic N) is 2. The number of benzene rings is 1. The van der Waals surface area contributed by atoms with E-state index in [0.717, 1.165) is 17.1 Å². The molecule has 3 rings (SSSR count). The maximum atomic E-state index is 11.7. The van der Waals surface area contributed by atoms with Gasteiger partial charge in [0.25, 0.3) is 0 Å². The molecular weight excluding hydrogens is 310 g/mol. The molecule has 130 valence electrons. The second-order valence-electron chi connectivity index (χ2n) is 6.28. The molecule has 2 heterocycles. The first-order valence-corrected chi connectivity index (χ1v) is 8.18. The summed E-state index contributed by atoms with van der Waals surface area (Å²) in [6, 6.07) is 5.89. The van der Waals surface area contributed by atoms with Crippen molar-refractivity contribution in [1.29, 1.82) is 0 Å². The summed E-state index contributed by atoms with van der Waals surface area (Å²) in [4.78, 5) is 27.2. The largest absolute Gasteiger partial charge is 0.486 e. The highest BCUT2D eigenvalue weighted by Gasteiger charge is 2.27. The van der Waals surface area contributed by atoms with Crippen LogP contribution in [-0.2, 0) is 16.1 Å².